The zero-order chi connectivity index (χ0) is 16.2. The average Bonchev–Trinajstić information content (AvgIpc) is 2.57. The highest BCUT2D eigenvalue weighted by atomic mass is 15.1. The second kappa shape index (κ2) is 6.70. The molecule has 0 saturated heterocycles. The SMILES string of the molecule is Cc1cccc(N(c2ccccc2)c2ccc(C(C)C)cc2)c1. The lowest BCUT2D eigenvalue weighted by molar-refractivity contribution is 0.866. The van der Waals surface area contributed by atoms with Crippen LogP contribution >= 0.6 is 0 Å². The third kappa shape index (κ3) is 3.45. The number of aryl methyl sites for hydroxylation is 1. The van der Waals surface area contributed by atoms with Crippen molar-refractivity contribution >= 4 is 17.1 Å². The average molecular weight is 301 g/mol. The van der Waals surface area contributed by atoms with Crippen molar-refractivity contribution < 1.29 is 0 Å². The van der Waals surface area contributed by atoms with Crippen molar-refractivity contribution in [1.29, 1.82) is 0 Å². The van der Waals surface area contributed by atoms with Crippen LogP contribution in [-0.4, -0.2) is 0 Å². The van der Waals surface area contributed by atoms with Crippen molar-refractivity contribution in [3.8, 4) is 0 Å². The first-order chi connectivity index (χ1) is 11.1. The molecule has 0 unspecified atom stereocenters. The van der Waals surface area contributed by atoms with Gasteiger partial charge in [-0.15, -0.1) is 0 Å². The molecule has 1 heteroatoms. The summed E-state index contributed by atoms with van der Waals surface area (Å²) in [7, 11) is 0. The monoisotopic (exact) mass is 301 g/mol. The fourth-order valence-corrected chi connectivity index (χ4v) is 2.80. The summed E-state index contributed by atoms with van der Waals surface area (Å²) >= 11 is 0. The predicted molar refractivity (Wildman–Crippen MR) is 100.0 cm³/mol. The lowest BCUT2D eigenvalue weighted by Crippen LogP contribution is -2.10. The molecule has 1 nitrogen and oxygen atoms in total. The molecule has 0 radical (unpaired) electrons. The van der Waals surface area contributed by atoms with E-state index in [-0.39, 0.29) is 0 Å². The number of para-hydroxylation sites is 1. The first-order valence-corrected chi connectivity index (χ1v) is 8.17. The Labute approximate surface area is 139 Å². The molecule has 0 aliphatic heterocycles. The maximum Gasteiger partial charge on any atom is 0.0464 e. The molecule has 0 spiro atoms. The van der Waals surface area contributed by atoms with E-state index in [2.05, 4.69) is 105 Å². The van der Waals surface area contributed by atoms with Crippen LogP contribution in [0.2, 0.25) is 0 Å². The summed E-state index contributed by atoms with van der Waals surface area (Å²) in [5.41, 5.74) is 6.18. The smallest absolute Gasteiger partial charge is 0.0464 e. The second-order valence-corrected chi connectivity index (χ2v) is 6.26. The highest BCUT2D eigenvalue weighted by Crippen LogP contribution is 2.35. The van der Waals surface area contributed by atoms with Crippen LogP contribution in [0.5, 0.6) is 0 Å². The molecule has 0 aliphatic carbocycles. The summed E-state index contributed by atoms with van der Waals surface area (Å²) in [4.78, 5) is 2.30. The Hall–Kier alpha value is -2.54. The minimum Gasteiger partial charge on any atom is -0.310 e. The van der Waals surface area contributed by atoms with Crippen LogP contribution in [0, 0.1) is 6.92 Å². The van der Waals surface area contributed by atoms with Gasteiger partial charge < -0.3 is 4.90 Å². The first-order valence-electron chi connectivity index (χ1n) is 8.17. The minimum absolute atomic E-state index is 0.549. The summed E-state index contributed by atoms with van der Waals surface area (Å²) in [6.07, 6.45) is 0. The molecule has 0 heterocycles. The number of benzene rings is 3. The van der Waals surface area contributed by atoms with E-state index in [1.165, 1.54) is 28.2 Å². The molecule has 0 bridgehead atoms. The van der Waals surface area contributed by atoms with Gasteiger partial charge in [0, 0.05) is 17.1 Å². The first kappa shape index (κ1) is 15.4. The molecule has 0 aliphatic rings. The van der Waals surface area contributed by atoms with Gasteiger partial charge in [0.05, 0.1) is 0 Å². The lowest BCUT2D eigenvalue weighted by atomic mass is 10.0. The third-order valence-corrected chi connectivity index (χ3v) is 4.09. The molecular formula is C22H23N. The van der Waals surface area contributed by atoms with Crippen molar-refractivity contribution in [2.45, 2.75) is 26.7 Å². The van der Waals surface area contributed by atoms with Gasteiger partial charge in [-0.3, -0.25) is 0 Å². The summed E-state index contributed by atoms with van der Waals surface area (Å²) in [5, 5.41) is 0. The van der Waals surface area contributed by atoms with Gasteiger partial charge in [-0.2, -0.15) is 0 Å². The van der Waals surface area contributed by atoms with E-state index in [1.807, 2.05) is 0 Å². The van der Waals surface area contributed by atoms with Crippen molar-refractivity contribution in [3.63, 3.8) is 0 Å². The topological polar surface area (TPSA) is 3.24 Å². The Balaban J connectivity index is 2.08. The Morgan fingerprint density at radius 2 is 1.26 bits per heavy atom. The predicted octanol–water partition coefficient (Wildman–Crippen LogP) is 6.59. The number of anilines is 3. The molecule has 0 aromatic heterocycles. The lowest BCUT2D eigenvalue weighted by Gasteiger charge is -2.26. The van der Waals surface area contributed by atoms with Gasteiger partial charge in [0.2, 0.25) is 0 Å². The Morgan fingerprint density at radius 3 is 1.87 bits per heavy atom. The molecule has 0 saturated carbocycles. The third-order valence-electron chi connectivity index (χ3n) is 4.09. The Morgan fingerprint density at radius 1 is 0.652 bits per heavy atom. The van der Waals surface area contributed by atoms with Crippen LogP contribution in [0.4, 0.5) is 17.1 Å². The molecule has 23 heavy (non-hydrogen) atoms. The molecule has 0 amide bonds. The van der Waals surface area contributed by atoms with E-state index in [4.69, 9.17) is 0 Å². The molecule has 0 atom stereocenters. The number of rotatable bonds is 4. The fourth-order valence-electron chi connectivity index (χ4n) is 2.80. The van der Waals surface area contributed by atoms with Gasteiger partial charge in [-0.1, -0.05) is 56.3 Å². The zero-order valence-electron chi connectivity index (χ0n) is 14.0. The van der Waals surface area contributed by atoms with E-state index >= 15 is 0 Å². The van der Waals surface area contributed by atoms with Crippen LogP contribution in [0.1, 0.15) is 30.9 Å². The molecular weight excluding hydrogens is 278 g/mol. The van der Waals surface area contributed by atoms with Gasteiger partial charge in [0.15, 0.2) is 0 Å². The fraction of sp³-hybridized carbons (Fsp3) is 0.182. The van der Waals surface area contributed by atoms with Crippen molar-refractivity contribution in [2.24, 2.45) is 0 Å². The highest BCUT2D eigenvalue weighted by molar-refractivity contribution is 5.76. The van der Waals surface area contributed by atoms with Crippen LogP contribution in [0.3, 0.4) is 0 Å². The van der Waals surface area contributed by atoms with E-state index in [0.29, 0.717) is 5.92 Å². The molecule has 3 rings (SSSR count). The van der Waals surface area contributed by atoms with Gasteiger partial charge in [0.25, 0.3) is 0 Å². The van der Waals surface area contributed by atoms with E-state index < -0.39 is 0 Å². The standard InChI is InChI=1S/C22H23N/c1-17(2)19-12-14-21(15-13-19)23(20-9-5-4-6-10-20)22-11-7-8-18(3)16-22/h4-17H,1-3H3. The van der Waals surface area contributed by atoms with Crippen LogP contribution in [0.15, 0.2) is 78.9 Å². The Kier molecular flexibility index (Phi) is 4.47. The van der Waals surface area contributed by atoms with Gasteiger partial charge in [-0.05, 0) is 60.4 Å². The normalized spacial score (nSPS) is 10.8. The Bertz CT molecular complexity index is 757. The van der Waals surface area contributed by atoms with Crippen molar-refractivity contribution in [1.82, 2.24) is 0 Å². The van der Waals surface area contributed by atoms with Crippen molar-refractivity contribution in [2.75, 3.05) is 4.90 Å². The van der Waals surface area contributed by atoms with Gasteiger partial charge in [-0.25, -0.2) is 0 Å². The van der Waals surface area contributed by atoms with Crippen LogP contribution in [-0.2, 0) is 0 Å². The summed E-state index contributed by atoms with van der Waals surface area (Å²) < 4.78 is 0. The molecule has 0 fully saturated rings. The van der Waals surface area contributed by atoms with E-state index in [0.717, 1.165) is 0 Å². The summed E-state index contributed by atoms with van der Waals surface area (Å²) in [5.74, 6) is 0.549. The van der Waals surface area contributed by atoms with E-state index in [9.17, 15) is 0 Å². The van der Waals surface area contributed by atoms with E-state index in [1.54, 1.807) is 0 Å². The number of hydrogen-bond donors (Lipinski definition) is 0. The van der Waals surface area contributed by atoms with Crippen LogP contribution < -0.4 is 4.90 Å². The highest BCUT2D eigenvalue weighted by Gasteiger charge is 2.12. The van der Waals surface area contributed by atoms with Gasteiger partial charge >= 0.3 is 0 Å². The quantitative estimate of drug-likeness (QED) is 0.525. The largest absolute Gasteiger partial charge is 0.310 e. The second-order valence-electron chi connectivity index (χ2n) is 6.26. The number of hydrogen-bond acceptors (Lipinski definition) is 1. The molecule has 0 N–H and O–H groups in total. The molecule has 3 aromatic rings. The van der Waals surface area contributed by atoms with Crippen molar-refractivity contribution in [3.05, 3.63) is 90.0 Å². The molecule has 116 valence electrons. The number of nitrogens with zero attached hydrogens (tertiary/aromatic N) is 1. The zero-order valence-corrected chi connectivity index (χ0v) is 14.0. The maximum absolute atomic E-state index is 2.30. The molecule has 3 aromatic carbocycles. The summed E-state index contributed by atoms with van der Waals surface area (Å²) in [6.45, 7) is 6.59. The van der Waals surface area contributed by atoms with Crippen LogP contribution in [0.25, 0.3) is 0 Å². The maximum atomic E-state index is 2.30. The van der Waals surface area contributed by atoms with Gasteiger partial charge in [0.1, 0.15) is 0 Å². The minimum atomic E-state index is 0.549. The summed E-state index contributed by atoms with van der Waals surface area (Å²) in [6, 6.07) is 28.0.